The van der Waals surface area contributed by atoms with Crippen LogP contribution in [0, 0.1) is 5.41 Å². The number of hydrogen-bond donors (Lipinski definition) is 1. The average molecular weight is 321 g/mol. The summed E-state index contributed by atoms with van der Waals surface area (Å²) < 4.78 is 23.8. The van der Waals surface area contributed by atoms with E-state index in [-0.39, 0.29) is 5.41 Å². The van der Waals surface area contributed by atoms with Crippen molar-refractivity contribution in [2.75, 3.05) is 25.6 Å². The standard InChI is InChI=1S/C17H24FN3O2/c1-22-15-6-14(19-13-9-17(10-13)7-12(18)8-17)20-16(21-15)11-2-4-23-5-3-11/h6,11-13H,2-5,7-10H2,1H3,(H,19,20,21). The van der Waals surface area contributed by atoms with Crippen LogP contribution in [0.3, 0.4) is 0 Å². The molecule has 0 unspecified atom stereocenters. The van der Waals surface area contributed by atoms with Gasteiger partial charge in [-0.1, -0.05) is 0 Å². The summed E-state index contributed by atoms with van der Waals surface area (Å²) in [6.45, 7) is 1.53. The first-order valence-corrected chi connectivity index (χ1v) is 8.57. The minimum absolute atomic E-state index is 0.276. The lowest BCUT2D eigenvalue weighted by molar-refractivity contribution is -0.0482. The first kappa shape index (κ1) is 15.1. The van der Waals surface area contributed by atoms with Crippen molar-refractivity contribution in [2.45, 2.75) is 56.7 Å². The molecular formula is C17H24FN3O2. The van der Waals surface area contributed by atoms with Crippen LogP contribution in [0.2, 0.25) is 0 Å². The highest BCUT2D eigenvalue weighted by atomic mass is 19.1. The van der Waals surface area contributed by atoms with E-state index in [1.165, 1.54) is 0 Å². The number of methoxy groups -OCH3 is 1. The van der Waals surface area contributed by atoms with E-state index < -0.39 is 6.17 Å². The van der Waals surface area contributed by atoms with E-state index in [1.54, 1.807) is 7.11 Å². The quantitative estimate of drug-likeness (QED) is 0.923. The van der Waals surface area contributed by atoms with E-state index >= 15 is 0 Å². The molecule has 1 saturated heterocycles. The number of nitrogens with zero attached hydrogens (tertiary/aromatic N) is 2. The predicted octanol–water partition coefficient (Wildman–Crippen LogP) is 3.07. The van der Waals surface area contributed by atoms with Gasteiger partial charge in [-0.05, 0) is 43.9 Å². The number of aromatic nitrogens is 2. The first-order chi connectivity index (χ1) is 11.2. The number of alkyl halides is 1. The zero-order chi connectivity index (χ0) is 15.9. The molecule has 4 rings (SSSR count). The Morgan fingerprint density at radius 1 is 1.22 bits per heavy atom. The molecule has 3 fully saturated rings. The SMILES string of the molecule is COc1cc(NC2CC3(CC(F)C3)C2)nc(C2CCOCC2)n1. The van der Waals surface area contributed by atoms with Crippen LogP contribution in [0.1, 0.15) is 50.3 Å². The molecule has 2 saturated carbocycles. The topological polar surface area (TPSA) is 56.3 Å². The molecule has 0 aromatic carbocycles. The molecule has 126 valence electrons. The lowest BCUT2D eigenvalue weighted by Gasteiger charge is -2.55. The van der Waals surface area contributed by atoms with Crippen LogP contribution >= 0.6 is 0 Å². The van der Waals surface area contributed by atoms with E-state index in [9.17, 15) is 4.39 Å². The van der Waals surface area contributed by atoms with E-state index in [2.05, 4.69) is 10.3 Å². The maximum absolute atomic E-state index is 13.1. The van der Waals surface area contributed by atoms with Crippen LogP contribution in [0.15, 0.2) is 6.07 Å². The average Bonchev–Trinajstić information content (AvgIpc) is 2.52. The molecule has 1 aromatic rings. The summed E-state index contributed by atoms with van der Waals surface area (Å²) in [7, 11) is 1.63. The second-order valence-electron chi connectivity index (χ2n) is 7.30. The van der Waals surface area contributed by atoms with Gasteiger partial charge in [0.25, 0.3) is 0 Å². The van der Waals surface area contributed by atoms with Crippen molar-refractivity contribution in [3.63, 3.8) is 0 Å². The molecule has 5 nitrogen and oxygen atoms in total. The van der Waals surface area contributed by atoms with Gasteiger partial charge >= 0.3 is 0 Å². The molecule has 1 aliphatic heterocycles. The lowest BCUT2D eigenvalue weighted by atomic mass is 9.53. The summed E-state index contributed by atoms with van der Waals surface area (Å²) >= 11 is 0. The van der Waals surface area contributed by atoms with Crippen LogP contribution in [0.25, 0.3) is 0 Å². The van der Waals surface area contributed by atoms with Gasteiger partial charge in [0, 0.05) is 31.2 Å². The van der Waals surface area contributed by atoms with Crippen molar-refractivity contribution >= 4 is 5.82 Å². The summed E-state index contributed by atoms with van der Waals surface area (Å²) in [5.41, 5.74) is 0.276. The van der Waals surface area contributed by atoms with Crippen LogP contribution in [-0.2, 0) is 4.74 Å². The fourth-order valence-corrected chi connectivity index (χ4v) is 4.27. The predicted molar refractivity (Wildman–Crippen MR) is 84.6 cm³/mol. The Bertz CT molecular complexity index is 563. The molecule has 23 heavy (non-hydrogen) atoms. The van der Waals surface area contributed by atoms with Gasteiger partial charge in [0.05, 0.1) is 7.11 Å². The van der Waals surface area contributed by atoms with E-state index in [1.807, 2.05) is 6.07 Å². The number of anilines is 1. The van der Waals surface area contributed by atoms with Crippen LogP contribution in [-0.4, -0.2) is 42.5 Å². The summed E-state index contributed by atoms with van der Waals surface area (Å²) in [4.78, 5) is 9.22. The van der Waals surface area contributed by atoms with Crippen LogP contribution in [0.4, 0.5) is 10.2 Å². The summed E-state index contributed by atoms with van der Waals surface area (Å²) in [5.74, 6) is 2.61. The van der Waals surface area contributed by atoms with Gasteiger partial charge in [-0.2, -0.15) is 4.98 Å². The van der Waals surface area contributed by atoms with Gasteiger partial charge in [-0.3, -0.25) is 0 Å². The molecule has 0 bridgehead atoms. The minimum Gasteiger partial charge on any atom is -0.481 e. The Labute approximate surface area is 136 Å². The molecule has 1 N–H and O–H groups in total. The smallest absolute Gasteiger partial charge is 0.218 e. The van der Waals surface area contributed by atoms with E-state index in [0.717, 1.165) is 63.4 Å². The highest BCUT2D eigenvalue weighted by Gasteiger charge is 2.53. The second-order valence-corrected chi connectivity index (χ2v) is 7.30. The third kappa shape index (κ3) is 3.01. The Hall–Kier alpha value is -1.43. The number of nitrogens with one attached hydrogen (secondary N) is 1. The third-order valence-electron chi connectivity index (χ3n) is 5.54. The van der Waals surface area contributed by atoms with Crippen molar-refractivity contribution in [3.8, 4) is 5.88 Å². The van der Waals surface area contributed by atoms with Gasteiger partial charge in [0.15, 0.2) is 0 Å². The molecule has 1 spiro atoms. The van der Waals surface area contributed by atoms with Crippen LogP contribution < -0.4 is 10.1 Å². The second kappa shape index (κ2) is 5.89. The van der Waals surface area contributed by atoms with Gasteiger partial charge in [0.1, 0.15) is 17.8 Å². The summed E-state index contributed by atoms with van der Waals surface area (Å²) in [5, 5.41) is 3.49. The maximum Gasteiger partial charge on any atom is 0.218 e. The Morgan fingerprint density at radius 3 is 2.61 bits per heavy atom. The summed E-state index contributed by atoms with van der Waals surface area (Å²) in [6.07, 6.45) is 4.92. The minimum atomic E-state index is -0.574. The molecular weight excluding hydrogens is 297 g/mol. The number of halogens is 1. The molecule has 6 heteroatoms. The van der Waals surface area contributed by atoms with Crippen molar-refractivity contribution in [1.82, 2.24) is 9.97 Å². The Kier molecular flexibility index (Phi) is 3.87. The number of rotatable bonds is 4. The molecule has 2 aliphatic carbocycles. The van der Waals surface area contributed by atoms with E-state index in [0.29, 0.717) is 17.8 Å². The van der Waals surface area contributed by atoms with Gasteiger partial charge in [0.2, 0.25) is 5.88 Å². The lowest BCUT2D eigenvalue weighted by Crippen LogP contribution is -2.53. The van der Waals surface area contributed by atoms with Crippen LogP contribution in [0.5, 0.6) is 5.88 Å². The maximum atomic E-state index is 13.1. The van der Waals surface area contributed by atoms with Gasteiger partial charge in [-0.15, -0.1) is 0 Å². The highest BCUT2D eigenvalue weighted by Crippen LogP contribution is 2.57. The van der Waals surface area contributed by atoms with E-state index in [4.69, 9.17) is 14.5 Å². The molecule has 2 heterocycles. The fourth-order valence-electron chi connectivity index (χ4n) is 4.27. The van der Waals surface area contributed by atoms with Crippen molar-refractivity contribution in [2.24, 2.45) is 5.41 Å². The first-order valence-electron chi connectivity index (χ1n) is 8.57. The fraction of sp³-hybridized carbons (Fsp3) is 0.765. The zero-order valence-electron chi connectivity index (χ0n) is 13.6. The molecule has 3 aliphatic rings. The van der Waals surface area contributed by atoms with Crippen molar-refractivity contribution < 1.29 is 13.9 Å². The molecule has 0 radical (unpaired) electrons. The highest BCUT2D eigenvalue weighted by molar-refractivity contribution is 5.41. The largest absolute Gasteiger partial charge is 0.481 e. The van der Waals surface area contributed by atoms with Crippen molar-refractivity contribution in [3.05, 3.63) is 11.9 Å². The van der Waals surface area contributed by atoms with Gasteiger partial charge in [-0.25, -0.2) is 9.37 Å². The Morgan fingerprint density at radius 2 is 1.96 bits per heavy atom. The Balaban J connectivity index is 1.43. The monoisotopic (exact) mass is 321 g/mol. The third-order valence-corrected chi connectivity index (χ3v) is 5.54. The molecule has 0 amide bonds. The molecule has 1 aromatic heterocycles. The molecule has 0 atom stereocenters. The normalized spacial score (nSPS) is 33.8. The number of hydrogen-bond acceptors (Lipinski definition) is 5. The summed E-state index contributed by atoms with van der Waals surface area (Å²) in [6, 6.07) is 2.25. The number of ether oxygens (including phenoxy) is 2. The van der Waals surface area contributed by atoms with Gasteiger partial charge < -0.3 is 14.8 Å². The zero-order valence-corrected chi connectivity index (χ0v) is 13.6. The van der Waals surface area contributed by atoms with Crippen molar-refractivity contribution in [1.29, 1.82) is 0 Å².